The van der Waals surface area contributed by atoms with Crippen LogP contribution in [0.25, 0.3) is 0 Å². The van der Waals surface area contributed by atoms with E-state index in [9.17, 15) is 14.0 Å². The van der Waals surface area contributed by atoms with Crippen molar-refractivity contribution in [1.82, 2.24) is 20.1 Å². The van der Waals surface area contributed by atoms with Crippen molar-refractivity contribution in [3.63, 3.8) is 0 Å². The van der Waals surface area contributed by atoms with Crippen LogP contribution in [0.5, 0.6) is 0 Å². The largest absolute Gasteiger partial charge is 0.366 e. The number of carbonyl (C=O) groups is 2. The lowest BCUT2D eigenvalue weighted by atomic mass is 10.1. The molecule has 1 aromatic heterocycles. The van der Waals surface area contributed by atoms with Gasteiger partial charge in [-0.2, -0.15) is 0 Å². The van der Waals surface area contributed by atoms with E-state index in [1.807, 2.05) is 17.0 Å². The monoisotopic (exact) mass is 454 g/mol. The lowest BCUT2D eigenvalue weighted by Gasteiger charge is -2.36. The molecule has 0 radical (unpaired) electrons. The first-order valence-electron chi connectivity index (χ1n) is 11.4. The van der Waals surface area contributed by atoms with Crippen molar-refractivity contribution >= 4 is 23.3 Å². The third-order valence-electron chi connectivity index (χ3n) is 6.36. The number of pyridine rings is 1. The second kappa shape index (κ2) is 10.2. The number of carbonyl (C=O) groups excluding carboxylic acids is 2. The van der Waals surface area contributed by atoms with E-state index < -0.39 is 5.82 Å². The number of piperazine rings is 2. The number of nitrogens with one attached hydrogen (secondary N) is 1. The Labute approximate surface area is 194 Å². The summed E-state index contributed by atoms with van der Waals surface area (Å²) >= 11 is 0. The maximum Gasteiger partial charge on any atom is 0.317 e. The van der Waals surface area contributed by atoms with Crippen LogP contribution < -0.4 is 15.1 Å². The third kappa shape index (κ3) is 5.42. The van der Waals surface area contributed by atoms with Gasteiger partial charge in [0.25, 0.3) is 0 Å². The van der Waals surface area contributed by atoms with Crippen LogP contribution >= 0.6 is 0 Å². The van der Waals surface area contributed by atoms with Gasteiger partial charge in [-0.05, 0) is 38.2 Å². The zero-order valence-electron chi connectivity index (χ0n) is 19.3. The van der Waals surface area contributed by atoms with Gasteiger partial charge in [-0.25, -0.2) is 14.2 Å². The first-order valence-corrected chi connectivity index (χ1v) is 11.4. The van der Waals surface area contributed by atoms with Crippen molar-refractivity contribution in [3.05, 3.63) is 53.5 Å². The summed E-state index contributed by atoms with van der Waals surface area (Å²) in [5, 5.41) is 3.02. The van der Waals surface area contributed by atoms with E-state index in [2.05, 4.69) is 27.1 Å². The molecule has 0 bridgehead atoms. The molecule has 2 saturated heterocycles. The fraction of sp³-hybridized carbons (Fsp3) is 0.458. The van der Waals surface area contributed by atoms with Crippen LogP contribution in [0.4, 0.5) is 20.7 Å². The van der Waals surface area contributed by atoms with E-state index in [0.717, 1.165) is 37.6 Å². The highest BCUT2D eigenvalue weighted by atomic mass is 19.1. The lowest BCUT2D eigenvalue weighted by Crippen LogP contribution is -2.52. The predicted octanol–water partition coefficient (Wildman–Crippen LogP) is 2.21. The van der Waals surface area contributed by atoms with Gasteiger partial charge in [0.15, 0.2) is 5.78 Å². The molecule has 2 aromatic rings. The first kappa shape index (κ1) is 23.0. The Kier molecular flexibility index (Phi) is 7.08. The Morgan fingerprint density at radius 2 is 1.70 bits per heavy atom. The molecule has 1 N–H and O–H groups in total. The number of benzene rings is 1. The number of likely N-dealkylation sites (N-methyl/N-ethyl adjacent to an activating group) is 1. The molecule has 2 aliphatic rings. The molecule has 0 aliphatic carbocycles. The number of amides is 2. The van der Waals surface area contributed by atoms with Gasteiger partial charge in [-0.15, -0.1) is 0 Å². The van der Waals surface area contributed by atoms with Crippen molar-refractivity contribution in [1.29, 1.82) is 0 Å². The van der Waals surface area contributed by atoms with Crippen LogP contribution in [0.2, 0.25) is 0 Å². The fourth-order valence-electron chi connectivity index (χ4n) is 4.29. The summed E-state index contributed by atoms with van der Waals surface area (Å²) in [6, 6.07) is 8.34. The van der Waals surface area contributed by atoms with E-state index in [1.165, 1.54) is 13.0 Å². The van der Waals surface area contributed by atoms with Crippen LogP contribution in [0, 0.1) is 5.82 Å². The van der Waals surface area contributed by atoms with Gasteiger partial charge < -0.3 is 24.9 Å². The van der Waals surface area contributed by atoms with Gasteiger partial charge in [0.1, 0.15) is 11.6 Å². The summed E-state index contributed by atoms with van der Waals surface area (Å²) in [7, 11) is 2.12. The molecule has 33 heavy (non-hydrogen) atoms. The maximum absolute atomic E-state index is 14.5. The highest BCUT2D eigenvalue weighted by molar-refractivity contribution is 5.94. The van der Waals surface area contributed by atoms with Gasteiger partial charge in [-0.1, -0.05) is 6.07 Å². The number of anilines is 2. The van der Waals surface area contributed by atoms with Crippen molar-refractivity contribution in [3.8, 4) is 0 Å². The SMILES string of the molecule is CC(=O)c1ccc(N2CCN(C(=O)NCc3cccnc3N3CCN(C)CC3)CC2)c(F)c1. The zero-order valence-corrected chi connectivity index (χ0v) is 19.3. The maximum atomic E-state index is 14.5. The topological polar surface area (TPSA) is 72.0 Å². The fourth-order valence-corrected chi connectivity index (χ4v) is 4.29. The number of halogens is 1. The van der Waals surface area contributed by atoms with Crippen molar-refractivity contribution in [2.24, 2.45) is 0 Å². The second-order valence-electron chi connectivity index (χ2n) is 8.63. The Bertz CT molecular complexity index is 1000. The first-order chi connectivity index (χ1) is 15.9. The number of ketones is 1. The summed E-state index contributed by atoms with van der Waals surface area (Å²) in [6.45, 7) is 7.71. The molecule has 0 saturated carbocycles. The quantitative estimate of drug-likeness (QED) is 0.699. The Morgan fingerprint density at radius 1 is 1.00 bits per heavy atom. The summed E-state index contributed by atoms with van der Waals surface area (Å²) < 4.78 is 14.5. The van der Waals surface area contributed by atoms with Crippen LogP contribution in [0.1, 0.15) is 22.8 Å². The molecule has 0 atom stereocenters. The standard InChI is InChI=1S/C24H31FN6O2/c1-18(32)19-5-6-22(21(25)16-19)29-12-14-31(15-13-29)24(33)27-17-20-4-3-7-26-23(20)30-10-8-28(2)9-11-30/h3-7,16H,8-15,17H2,1-2H3,(H,27,33). The lowest BCUT2D eigenvalue weighted by molar-refractivity contribution is 0.101. The molecule has 2 fully saturated rings. The summed E-state index contributed by atoms with van der Waals surface area (Å²) in [5.74, 6) is 0.361. The van der Waals surface area contributed by atoms with Crippen LogP contribution in [0.3, 0.4) is 0 Å². The molecule has 2 amide bonds. The van der Waals surface area contributed by atoms with E-state index in [4.69, 9.17) is 0 Å². The number of rotatable bonds is 5. The minimum Gasteiger partial charge on any atom is -0.366 e. The summed E-state index contributed by atoms with van der Waals surface area (Å²) in [5.41, 5.74) is 1.83. The molecule has 9 heteroatoms. The van der Waals surface area contributed by atoms with E-state index in [0.29, 0.717) is 44.0 Å². The minimum absolute atomic E-state index is 0.129. The highest BCUT2D eigenvalue weighted by Gasteiger charge is 2.24. The Hall–Kier alpha value is -3.20. The van der Waals surface area contributed by atoms with Crippen LogP contribution in [-0.4, -0.2) is 86.0 Å². The predicted molar refractivity (Wildman–Crippen MR) is 126 cm³/mol. The van der Waals surface area contributed by atoms with Crippen molar-refractivity contribution < 1.29 is 14.0 Å². The van der Waals surface area contributed by atoms with E-state index >= 15 is 0 Å². The number of aromatic nitrogens is 1. The molecule has 176 valence electrons. The van der Waals surface area contributed by atoms with Crippen molar-refractivity contribution in [2.45, 2.75) is 13.5 Å². The van der Waals surface area contributed by atoms with Crippen LogP contribution in [0.15, 0.2) is 36.5 Å². The number of urea groups is 1. The number of Topliss-reactive ketones (excluding diaryl/α,β-unsaturated/α-hetero) is 1. The Morgan fingerprint density at radius 3 is 2.36 bits per heavy atom. The smallest absolute Gasteiger partial charge is 0.317 e. The number of hydrogen-bond acceptors (Lipinski definition) is 6. The molecule has 1 aromatic carbocycles. The third-order valence-corrected chi connectivity index (χ3v) is 6.36. The average molecular weight is 455 g/mol. The normalized spacial score (nSPS) is 17.2. The molecule has 4 rings (SSSR count). The van der Waals surface area contributed by atoms with Gasteiger partial charge in [0.2, 0.25) is 0 Å². The molecule has 3 heterocycles. The Balaban J connectivity index is 1.31. The summed E-state index contributed by atoms with van der Waals surface area (Å²) in [4.78, 5) is 37.0. The molecular weight excluding hydrogens is 423 g/mol. The molecular formula is C24H31FN6O2. The summed E-state index contributed by atoms with van der Waals surface area (Å²) in [6.07, 6.45) is 1.79. The second-order valence-corrected chi connectivity index (χ2v) is 8.63. The van der Waals surface area contributed by atoms with E-state index in [-0.39, 0.29) is 11.8 Å². The molecule has 0 spiro atoms. The zero-order chi connectivity index (χ0) is 23.4. The van der Waals surface area contributed by atoms with E-state index in [1.54, 1.807) is 23.2 Å². The minimum atomic E-state index is -0.409. The van der Waals surface area contributed by atoms with Gasteiger partial charge in [0, 0.05) is 76.2 Å². The number of hydrogen-bond donors (Lipinski definition) is 1. The molecule has 8 nitrogen and oxygen atoms in total. The van der Waals surface area contributed by atoms with Gasteiger partial charge in [-0.3, -0.25) is 4.79 Å². The van der Waals surface area contributed by atoms with Gasteiger partial charge in [0.05, 0.1) is 5.69 Å². The highest BCUT2D eigenvalue weighted by Crippen LogP contribution is 2.23. The molecule has 0 unspecified atom stereocenters. The van der Waals surface area contributed by atoms with Crippen molar-refractivity contribution in [2.75, 3.05) is 69.2 Å². The number of nitrogens with zero attached hydrogens (tertiary/aromatic N) is 5. The molecule has 2 aliphatic heterocycles. The van der Waals surface area contributed by atoms with Gasteiger partial charge >= 0.3 is 6.03 Å². The van der Waals surface area contributed by atoms with Crippen LogP contribution in [-0.2, 0) is 6.54 Å². The average Bonchev–Trinajstić information content (AvgIpc) is 2.83.